The van der Waals surface area contributed by atoms with Crippen LogP contribution in [0.3, 0.4) is 0 Å². The van der Waals surface area contributed by atoms with Gasteiger partial charge >= 0.3 is 6.18 Å². The number of nitrogens with zero attached hydrogens (tertiary/aromatic N) is 1. The number of aromatic nitrogens is 1. The van der Waals surface area contributed by atoms with Gasteiger partial charge in [-0.05, 0) is 38.1 Å². The lowest BCUT2D eigenvalue weighted by atomic mass is 9.88. The van der Waals surface area contributed by atoms with Crippen LogP contribution in [0.15, 0.2) is 18.5 Å². The van der Waals surface area contributed by atoms with Crippen LogP contribution in [0.5, 0.6) is 0 Å². The van der Waals surface area contributed by atoms with E-state index in [9.17, 15) is 13.2 Å². The second-order valence-electron chi connectivity index (χ2n) is 5.22. The molecule has 0 aromatic carbocycles. The minimum Gasteiger partial charge on any atom is -0.309 e. The number of halogens is 3. The van der Waals surface area contributed by atoms with Crippen molar-refractivity contribution in [1.29, 1.82) is 0 Å². The van der Waals surface area contributed by atoms with E-state index >= 15 is 0 Å². The van der Waals surface area contributed by atoms with E-state index in [1.165, 1.54) is 12.4 Å². The number of hydrogen-bond donors (Lipinski definition) is 1. The second-order valence-corrected chi connectivity index (χ2v) is 6.85. The number of alkyl halides is 3. The molecule has 2 rings (SSSR count). The molecular weight excluding hydrogens is 285 g/mol. The van der Waals surface area contributed by atoms with Crippen LogP contribution >= 0.6 is 11.8 Å². The Morgan fingerprint density at radius 3 is 2.80 bits per heavy atom. The van der Waals surface area contributed by atoms with Gasteiger partial charge in [0.1, 0.15) is 0 Å². The summed E-state index contributed by atoms with van der Waals surface area (Å²) >= 11 is 1.75. The van der Waals surface area contributed by atoms with E-state index in [1.807, 2.05) is 13.8 Å². The van der Waals surface area contributed by atoms with Gasteiger partial charge in [0.05, 0.1) is 5.56 Å². The Bertz CT molecular complexity index is 456. The van der Waals surface area contributed by atoms with Crippen molar-refractivity contribution in [1.82, 2.24) is 10.3 Å². The molecule has 0 spiro atoms. The van der Waals surface area contributed by atoms with Crippen molar-refractivity contribution in [3.63, 3.8) is 0 Å². The van der Waals surface area contributed by atoms with Crippen LogP contribution in [0.25, 0.3) is 0 Å². The molecule has 1 aromatic heterocycles. The van der Waals surface area contributed by atoms with E-state index in [-0.39, 0.29) is 16.4 Å². The van der Waals surface area contributed by atoms with Gasteiger partial charge in [0.15, 0.2) is 0 Å². The summed E-state index contributed by atoms with van der Waals surface area (Å²) in [4.78, 5) is 3.92. The van der Waals surface area contributed by atoms with Crippen molar-refractivity contribution in [3.8, 4) is 0 Å². The van der Waals surface area contributed by atoms with Gasteiger partial charge < -0.3 is 5.32 Å². The highest BCUT2D eigenvalue weighted by molar-refractivity contribution is 8.00. The van der Waals surface area contributed by atoms with Crippen LogP contribution in [0, 0.1) is 0 Å². The lowest BCUT2D eigenvalue weighted by Crippen LogP contribution is -2.38. The van der Waals surface area contributed by atoms with Crippen molar-refractivity contribution < 1.29 is 13.2 Å². The maximum atomic E-state index is 13.2. The van der Waals surface area contributed by atoms with Crippen molar-refractivity contribution in [2.24, 2.45) is 0 Å². The van der Waals surface area contributed by atoms with Gasteiger partial charge in [-0.1, -0.05) is 6.92 Å². The molecule has 1 aromatic rings. The highest BCUT2D eigenvalue weighted by Gasteiger charge is 2.43. The van der Waals surface area contributed by atoms with E-state index in [1.54, 1.807) is 11.8 Å². The molecule has 1 N–H and O–H groups in total. The van der Waals surface area contributed by atoms with Crippen molar-refractivity contribution >= 4 is 11.8 Å². The van der Waals surface area contributed by atoms with Gasteiger partial charge in [0, 0.05) is 28.7 Å². The largest absolute Gasteiger partial charge is 0.416 e. The van der Waals surface area contributed by atoms with Gasteiger partial charge in [0.2, 0.25) is 0 Å². The molecular formula is C14H19F3N2S. The molecule has 0 saturated carbocycles. The summed E-state index contributed by atoms with van der Waals surface area (Å²) in [5.74, 6) is 1.00. The first-order valence-electron chi connectivity index (χ1n) is 6.77. The molecule has 2 heterocycles. The summed E-state index contributed by atoms with van der Waals surface area (Å²) in [7, 11) is 0. The molecule has 0 radical (unpaired) electrons. The normalized spacial score (nSPS) is 24.9. The van der Waals surface area contributed by atoms with E-state index in [0.29, 0.717) is 6.54 Å². The molecule has 6 heteroatoms. The fourth-order valence-corrected chi connectivity index (χ4v) is 4.20. The lowest BCUT2D eigenvalue weighted by molar-refractivity contribution is -0.138. The molecule has 2 nitrogen and oxygen atoms in total. The zero-order chi connectivity index (χ0) is 14.8. The first-order valence-corrected chi connectivity index (χ1v) is 7.75. The van der Waals surface area contributed by atoms with Crippen LogP contribution in [0.2, 0.25) is 0 Å². The van der Waals surface area contributed by atoms with Crippen LogP contribution in [-0.2, 0) is 6.18 Å². The van der Waals surface area contributed by atoms with Gasteiger partial charge in [0.25, 0.3) is 0 Å². The highest BCUT2D eigenvalue weighted by atomic mass is 32.2. The van der Waals surface area contributed by atoms with Gasteiger partial charge in [-0.3, -0.25) is 4.98 Å². The molecule has 0 aliphatic carbocycles. The molecule has 20 heavy (non-hydrogen) atoms. The van der Waals surface area contributed by atoms with Crippen molar-refractivity contribution in [3.05, 3.63) is 29.6 Å². The summed E-state index contributed by atoms with van der Waals surface area (Å²) in [6.45, 7) is 4.60. The number of hydrogen-bond acceptors (Lipinski definition) is 3. The Balaban J connectivity index is 2.44. The van der Waals surface area contributed by atoms with Crippen LogP contribution < -0.4 is 5.32 Å². The van der Waals surface area contributed by atoms with Crippen molar-refractivity contribution in [2.75, 3.05) is 12.3 Å². The monoisotopic (exact) mass is 304 g/mol. The Labute approximate surface area is 121 Å². The molecule has 0 amide bonds. The third kappa shape index (κ3) is 3.11. The quantitative estimate of drug-likeness (QED) is 0.909. The summed E-state index contributed by atoms with van der Waals surface area (Å²) in [5, 5.41) is 3.23. The fourth-order valence-electron chi connectivity index (χ4n) is 2.78. The maximum absolute atomic E-state index is 13.2. The molecule has 1 fully saturated rings. The summed E-state index contributed by atoms with van der Waals surface area (Å²) in [6, 6.07) is 0.744. The Morgan fingerprint density at radius 2 is 2.25 bits per heavy atom. The smallest absolute Gasteiger partial charge is 0.309 e. The van der Waals surface area contributed by atoms with Gasteiger partial charge in [-0.25, -0.2) is 0 Å². The van der Waals surface area contributed by atoms with Crippen LogP contribution in [-0.4, -0.2) is 22.0 Å². The lowest BCUT2D eigenvalue weighted by Gasteiger charge is -2.35. The predicted octanol–water partition coefficient (Wildman–Crippen LogP) is 4.04. The minimum absolute atomic E-state index is 0.209. The predicted molar refractivity (Wildman–Crippen MR) is 75.8 cm³/mol. The highest BCUT2D eigenvalue weighted by Crippen LogP contribution is 2.48. The molecule has 112 valence electrons. The van der Waals surface area contributed by atoms with Crippen LogP contribution in [0.4, 0.5) is 13.2 Å². The topological polar surface area (TPSA) is 24.9 Å². The Hall–Kier alpha value is -0.750. The van der Waals surface area contributed by atoms with E-state index in [4.69, 9.17) is 0 Å². The average Bonchev–Trinajstić information content (AvgIpc) is 2.83. The second kappa shape index (κ2) is 5.93. The number of nitrogens with one attached hydrogen (secondary N) is 1. The minimum atomic E-state index is -4.34. The standard InChI is InChI=1S/C14H19F3N2S/c1-3-19-12(13(2)6-4-8-20-13)10-9-18-7-5-11(10)14(15,16)17/h5,7,9,12,19H,3-4,6,8H2,1-2H3. The Morgan fingerprint density at radius 1 is 1.50 bits per heavy atom. The molecule has 1 aliphatic heterocycles. The van der Waals surface area contributed by atoms with E-state index in [2.05, 4.69) is 10.3 Å². The molecule has 0 bridgehead atoms. The zero-order valence-electron chi connectivity index (χ0n) is 11.6. The molecule has 2 unspecified atom stereocenters. The number of rotatable bonds is 4. The SMILES string of the molecule is CCNC(c1cnccc1C(F)(F)F)C1(C)CCCS1. The van der Waals surface area contributed by atoms with Crippen LogP contribution in [0.1, 0.15) is 43.9 Å². The van der Waals surface area contributed by atoms with E-state index in [0.717, 1.165) is 24.7 Å². The summed E-state index contributed by atoms with van der Waals surface area (Å²) in [6.07, 6.45) is 0.192. The van der Waals surface area contributed by atoms with Gasteiger partial charge in [-0.2, -0.15) is 24.9 Å². The summed E-state index contributed by atoms with van der Waals surface area (Å²) in [5.41, 5.74) is -0.314. The average molecular weight is 304 g/mol. The van der Waals surface area contributed by atoms with Crippen molar-refractivity contribution in [2.45, 2.75) is 43.7 Å². The summed E-state index contributed by atoms with van der Waals surface area (Å²) < 4.78 is 39.4. The third-order valence-electron chi connectivity index (χ3n) is 3.74. The maximum Gasteiger partial charge on any atom is 0.416 e. The molecule has 1 aliphatic rings. The van der Waals surface area contributed by atoms with Gasteiger partial charge in [-0.15, -0.1) is 0 Å². The molecule has 2 atom stereocenters. The molecule has 1 saturated heterocycles. The third-order valence-corrected chi connectivity index (χ3v) is 5.33. The Kier molecular flexibility index (Phi) is 4.64. The zero-order valence-corrected chi connectivity index (χ0v) is 12.4. The first-order chi connectivity index (χ1) is 9.38. The van der Waals surface area contributed by atoms with E-state index < -0.39 is 11.7 Å². The number of pyridine rings is 1. The fraction of sp³-hybridized carbons (Fsp3) is 0.643. The first kappa shape index (κ1) is 15.6. The number of thioether (sulfide) groups is 1.